The summed E-state index contributed by atoms with van der Waals surface area (Å²) in [6, 6.07) is 6.94. The molecule has 1 aromatic rings. The number of halogens is 2. The average Bonchev–Trinajstić information content (AvgIpc) is 2.50. The van der Waals surface area contributed by atoms with Crippen LogP contribution in [0.5, 0.6) is 0 Å². The van der Waals surface area contributed by atoms with E-state index in [1.165, 1.54) is 0 Å². The second-order valence-electron chi connectivity index (χ2n) is 5.23. The van der Waals surface area contributed by atoms with Crippen molar-refractivity contribution in [3.05, 3.63) is 33.8 Å². The van der Waals surface area contributed by atoms with Crippen LogP contribution >= 0.6 is 23.2 Å². The van der Waals surface area contributed by atoms with E-state index < -0.39 is 5.92 Å². The van der Waals surface area contributed by atoms with Gasteiger partial charge in [0.2, 0.25) is 0 Å². The standard InChI is InChI=1S/C16H17Cl2NO2/c17-14-6-4-11(9-15(14)18)13(10-19)16(20)7-5-12-3-1-2-8-21-12/h4,6,9,12-13H,1-3,5,7-8H2. The molecule has 0 bridgehead atoms. The molecule has 21 heavy (non-hydrogen) atoms. The first kappa shape index (κ1) is 16.3. The molecule has 0 N–H and O–H groups in total. The van der Waals surface area contributed by atoms with Gasteiger partial charge in [0.15, 0.2) is 5.78 Å². The van der Waals surface area contributed by atoms with Crippen molar-refractivity contribution in [2.24, 2.45) is 0 Å². The van der Waals surface area contributed by atoms with E-state index in [9.17, 15) is 10.1 Å². The molecule has 1 aliphatic heterocycles. The van der Waals surface area contributed by atoms with E-state index in [1.54, 1.807) is 18.2 Å². The third-order valence-electron chi connectivity index (χ3n) is 3.71. The number of ether oxygens (including phenoxy) is 1. The monoisotopic (exact) mass is 325 g/mol. The molecule has 1 saturated heterocycles. The molecular weight excluding hydrogens is 309 g/mol. The van der Waals surface area contributed by atoms with Gasteiger partial charge in [0.1, 0.15) is 5.92 Å². The molecule has 2 atom stereocenters. The topological polar surface area (TPSA) is 50.1 Å². The van der Waals surface area contributed by atoms with Crippen LogP contribution in [0, 0.1) is 11.3 Å². The Labute approximate surface area is 134 Å². The van der Waals surface area contributed by atoms with Crippen LogP contribution in [-0.2, 0) is 9.53 Å². The van der Waals surface area contributed by atoms with Crippen molar-refractivity contribution in [3.63, 3.8) is 0 Å². The Hall–Kier alpha value is -1.08. The number of carbonyl (C=O) groups excluding carboxylic acids is 1. The molecule has 2 rings (SSSR count). The smallest absolute Gasteiger partial charge is 0.154 e. The first-order valence-corrected chi connectivity index (χ1v) is 7.86. The lowest BCUT2D eigenvalue weighted by molar-refractivity contribution is -0.120. The first-order chi connectivity index (χ1) is 10.1. The Morgan fingerprint density at radius 3 is 2.81 bits per heavy atom. The van der Waals surface area contributed by atoms with Crippen LogP contribution in [0.2, 0.25) is 10.0 Å². The molecule has 0 aliphatic carbocycles. The zero-order valence-corrected chi connectivity index (χ0v) is 13.2. The quantitative estimate of drug-likeness (QED) is 0.799. The minimum absolute atomic E-state index is 0.0925. The zero-order valence-electron chi connectivity index (χ0n) is 11.6. The van der Waals surface area contributed by atoms with Crippen LogP contribution in [0.25, 0.3) is 0 Å². The van der Waals surface area contributed by atoms with Crippen molar-refractivity contribution < 1.29 is 9.53 Å². The number of benzene rings is 1. The lowest BCUT2D eigenvalue weighted by atomic mass is 9.92. The summed E-state index contributed by atoms with van der Waals surface area (Å²) in [5.41, 5.74) is 0.599. The van der Waals surface area contributed by atoms with Crippen molar-refractivity contribution in [2.75, 3.05) is 6.61 Å². The molecule has 0 spiro atoms. The third kappa shape index (κ3) is 4.44. The largest absolute Gasteiger partial charge is 0.378 e. The highest BCUT2D eigenvalue weighted by Crippen LogP contribution is 2.28. The number of carbonyl (C=O) groups is 1. The lowest BCUT2D eigenvalue weighted by Crippen LogP contribution is -2.21. The molecule has 112 valence electrons. The van der Waals surface area contributed by atoms with Crippen molar-refractivity contribution in [2.45, 2.75) is 44.1 Å². The van der Waals surface area contributed by atoms with Crippen LogP contribution in [0.4, 0.5) is 0 Å². The van der Waals surface area contributed by atoms with Gasteiger partial charge in [-0.2, -0.15) is 5.26 Å². The molecule has 1 heterocycles. The predicted molar refractivity (Wildman–Crippen MR) is 82.6 cm³/mol. The summed E-state index contributed by atoms with van der Waals surface area (Å²) in [7, 11) is 0. The van der Waals surface area contributed by atoms with Crippen LogP contribution in [0.1, 0.15) is 43.6 Å². The summed E-state index contributed by atoms with van der Waals surface area (Å²) in [6.45, 7) is 0.771. The van der Waals surface area contributed by atoms with E-state index in [2.05, 4.69) is 6.07 Å². The number of hydrogen-bond donors (Lipinski definition) is 0. The number of nitriles is 1. The van der Waals surface area contributed by atoms with Gasteiger partial charge in [0.05, 0.1) is 22.2 Å². The highest BCUT2D eigenvalue weighted by Gasteiger charge is 2.23. The van der Waals surface area contributed by atoms with E-state index in [1.807, 2.05) is 0 Å². The summed E-state index contributed by atoms with van der Waals surface area (Å²) in [5, 5.41) is 10.0. The fourth-order valence-electron chi connectivity index (χ4n) is 2.51. The van der Waals surface area contributed by atoms with Gasteiger partial charge in [-0.15, -0.1) is 0 Å². The van der Waals surface area contributed by atoms with Gasteiger partial charge in [-0.3, -0.25) is 4.79 Å². The predicted octanol–water partition coefficient (Wildman–Crippen LogP) is 4.52. The SMILES string of the molecule is N#CC(C(=O)CCC1CCCCO1)c1ccc(Cl)c(Cl)c1. The van der Waals surface area contributed by atoms with Gasteiger partial charge in [-0.1, -0.05) is 29.3 Å². The highest BCUT2D eigenvalue weighted by atomic mass is 35.5. The number of hydrogen-bond acceptors (Lipinski definition) is 3. The minimum atomic E-state index is -0.789. The van der Waals surface area contributed by atoms with E-state index >= 15 is 0 Å². The summed E-state index contributed by atoms with van der Waals surface area (Å²) in [6.07, 6.45) is 4.41. The van der Waals surface area contributed by atoms with Gasteiger partial charge in [0, 0.05) is 13.0 Å². The number of ketones is 1. The first-order valence-electron chi connectivity index (χ1n) is 7.10. The second kappa shape index (κ2) is 7.79. The van der Waals surface area contributed by atoms with Crippen molar-refractivity contribution in [1.29, 1.82) is 5.26 Å². The highest BCUT2D eigenvalue weighted by molar-refractivity contribution is 6.42. The fourth-order valence-corrected chi connectivity index (χ4v) is 2.81. The molecule has 0 amide bonds. The minimum Gasteiger partial charge on any atom is -0.378 e. The van der Waals surface area contributed by atoms with Crippen LogP contribution < -0.4 is 0 Å². The maximum Gasteiger partial charge on any atom is 0.154 e. The summed E-state index contributed by atoms with van der Waals surface area (Å²) in [4.78, 5) is 12.3. The molecule has 0 aromatic heterocycles. The normalized spacial score (nSPS) is 19.8. The second-order valence-corrected chi connectivity index (χ2v) is 6.04. The number of nitrogens with zero attached hydrogens (tertiary/aromatic N) is 1. The van der Waals surface area contributed by atoms with Crippen LogP contribution in [-0.4, -0.2) is 18.5 Å². The Balaban J connectivity index is 1.97. The van der Waals surface area contributed by atoms with Gasteiger partial charge >= 0.3 is 0 Å². The molecule has 0 saturated carbocycles. The Kier molecular flexibility index (Phi) is 6.05. The Morgan fingerprint density at radius 1 is 1.38 bits per heavy atom. The van der Waals surface area contributed by atoms with Gasteiger partial charge in [-0.25, -0.2) is 0 Å². The molecule has 0 radical (unpaired) electrons. The fraction of sp³-hybridized carbons (Fsp3) is 0.500. The van der Waals surface area contributed by atoms with Gasteiger partial charge in [0.25, 0.3) is 0 Å². The molecule has 1 aromatic carbocycles. The van der Waals surface area contributed by atoms with Gasteiger partial charge in [-0.05, 0) is 43.4 Å². The zero-order chi connectivity index (χ0) is 15.2. The van der Waals surface area contributed by atoms with E-state index in [-0.39, 0.29) is 11.9 Å². The number of rotatable bonds is 5. The van der Waals surface area contributed by atoms with Crippen molar-refractivity contribution >= 4 is 29.0 Å². The average molecular weight is 326 g/mol. The lowest BCUT2D eigenvalue weighted by Gasteiger charge is -2.22. The molecule has 1 aliphatic rings. The Bertz CT molecular complexity index is 548. The van der Waals surface area contributed by atoms with E-state index in [0.717, 1.165) is 25.9 Å². The summed E-state index contributed by atoms with van der Waals surface area (Å²) < 4.78 is 5.61. The van der Waals surface area contributed by atoms with Crippen LogP contribution in [0.3, 0.4) is 0 Å². The van der Waals surface area contributed by atoms with Crippen molar-refractivity contribution in [3.8, 4) is 6.07 Å². The summed E-state index contributed by atoms with van der Waals surface area (Å²) >= 11 is 11.8. The number of Topliss-reactive ketones (excluding diaryl/α,β-unsaturated/α-hetero) is 1. The maximum atomic E-state index is 12.3. The third-order valence-corrected chi connectivity index (χ3v) is 4.45. The molecular formula is C16H17Cl2NO2. The van der Waals surface area contributed by atoms with Crippen LogP contribution in [0.15, 0.2) is 18.2 Å². The van der Waals surface area contributed by atoms with E-state index in [4.69, 9.17) is 27.9 Å². The molecule has 3 nitrogen and oxygen atoms in total. The molecule has 5 heteroatoms. The van der Waals surface area contributed by atoms with E-state index in [0.29, 0.717) is 28.5 Å². The molecule has 2 unspecified atom stereocenters. The Morgan fingerprint density at radius 2 is 2.19 bits per heavy atom. The summed E-state index contributed by atoms with van der Waals surface area (Å²) in [5.74, 6) is -0.881. The molecule has 1 fully saturated rings. The van der Waals surface area contributed by atoms with Gasteiger partial charge < -0.3 is 4.74 Å². The maximum absolute atomic E-state index is 12.3. The van der Waals surface area contributed by atoms with Crippen molar-refractivity contribution in [1.82, 2.24) is 0 Å².